The lowest BCUT2D eigenvalue weighted by molar-refractivity contribution is -0.117. The van der Waals surface area contributed by atoms with Crippen molar-refractivity contribution in [1.29, 1.82) is 0 Å². The molecule has 0 radical (unpaired) electrons. The normalized spacial score (nSPS) is 11.0. The van der Waals surface area contributed by atoms with Crippen LogP contribution in [0.3, 0.4) is 0 Å². The highest BCUT2D eigenvalue weighted by atomic mass is 16.5. The molecule has 0 unspecified atom stereocenters. The summed E-state index contributed by atoms with van der Waals surface area (Å²) >= 11 is 0. The summed E-state index contributed by atoms with van der Waals surface area (Å²) in [6.45, 7) is 2.54. The van der Waals surface area contributed by atoms with Gasteiger partial charge in [-0.3, -0.25) is 9.59 Å². The van der Waals surface area contributed by atoms with Crippen LogP contribution in [0.5, 0.6) is 5.75 Å². The van der Waals surface area contributed by atoms with Crippen molar-refractivity contribution in [1.82, 2.24) is 10.6 Å². The highest BCUT2D eigenvalue weighted by molar-refractivity contribution is 6.05. The number of para-hydroxylation sites is 1. The average Bonchev–Trinajstić information content (AvgIpc) is 3.25. The van der Waals surface area contributed by atoms with E-state index in [0.717, 1.165) is 11.3 Å². The van der Waals surface area contributed by atoms with Crippen molar-refractivity contribution in [3.05, 3.63) is 95.6 Å². The van der Waals surface area contributed by atoms with E-state index in [9.17, 15) is 9.59 Å². The molecule has 0 aliphatic rings. The van der Waals surface area contributed by atoms with Gasteiger partial charge < -0.3 is 19.8 Å². The van der Waals surface area contributed by atoms with Gasteiger partial charge in [-0.15, -0.1) is 0 Å². The number of amides is 2. The van der Waals surface area contributed by atoms with Gasteiger partial charge in [-0.2, -0.15) is 0 Å². The van der Waals surface area contributed by atoms with Crippen LogP contribution >= 0.6 is 0 Å². The number of aryl methyl sites for hydroxylation is 1. The molecule has 1 heterocycles. The Morgan fingerprint density at radius 1 is 1.00 bits per heavy atom. The average molecular weight is 390 g/mol. The molecule has 0 fully saturated rings. The summed E-state index contributed by atoms with van der Waals surface area (Å²) in [7, 11) is 0. The van der Waals surface area contributed by atoms with Gasteiger partial charge >= 0.3 is 0 Å². The third kappa shape index (κ3) is 5.84. The molecular weight excluding hydrogens is 368 g/mol. The zero-order chi connectivity index (χ0) is 20.5. The first-order valence-electron chi connectivity index (χ1n) is 9.22. The molecule has 0 saturated carbocycles. The van der Waals surface area contributed by atoms with Crippen LogP contribution in [-0.2, 0) is 4.79 Å². The topological polar surface area (TPSA) is 80.6 Å². The molecule has 2 aromatic carbocycles. The van der Waals surface area contributed by atoms with Crippen LogP contribution in [0, 0.1) is 6.92 Å². The molecule has 0 aliphatic carbocycles. The molecule has 2 amide bonds. The summed E-state index contributed by atoms with van der Waals surface area (Å²) in [6.07, 6.45) is 2.98. The predicted molar refractivity (Wildman–Crippen MR) is 110 cm³/mol. The molecule has 3 aromatic rings. The molecule has 2 N–H and O–H groups in total. The third-order valence-corrected chi connectivity index (χ3v) is 4.10. The molecule has 6 heteroatoms. The fraction of sp³-hybridized carbons (Fsp3) is 0.130. The minimum atomic E-state index is -0.431. The summed E-state index contributed by atoms with van der Waals surface area (Å²) in [4.78, 5) is 25.1. The lowest BCUT2D eigenvalue weighted by atomic mass is 10.2. The first-order valence-corrected chi connectivity index (χ1v) is 9.22. The van der Waals surface area contributed by atoms with Crippen LogP contribution in [-0.4, -0.2) is 25.0 Å². The van der Waals surface area contributed by atoms with Gasteiger partial charge in [0, 0.05) is 11.6 Å². The Morgan fingerprint density at radius 2 is 1.76 bits per heavy atom. The van der Waals surface area contributed by atoms with Crippen molar-refractivity contribution in [3.63, 3.8) is 0 Å². The Labute approximate surface area is 169 Å². The Balaban J connectivity index is 1.62. The Kier molecular flexibility index (Phi) is 6.84. The molecule has 0 saturated heterocycles. The van der Waals surface area contributed by atoms with E-state index in [2.05, 4.69) is 10.6 Å². The monoisotopic (exact) mass is 390 g/mol. The third-order valence-electron chi connectivity index (χ3n) is 4.10. The lowest BCUT2D eigenvalue weighted by Gasteiger charge is -2.12. The maximum absolute atomic E-state index is 12.6. The van der Waals surface area contributed by atoms with Crippen LogP contribution in [0.4, 0.5) is 0 Å². The summed E-state index contributed by atoms with van der Waals surface area (Å²) in [6, 6.07) is 19.7. The Bertz CT molecular complexity index is 979. The van der Waals surface area contributed by atoms with E-state index >= 15 is 0 Å². The second kappa shape index (κ2) is 9.94. The molecule has 0 aliphatic heterocycles. The van der Waals surface area contributed by atoms with E-state index in [4.69, 9.17) is 9.15 Å². The lowest BCUT2D eigenvalue weighted by Crippen LogP contribution is -2.36. The molecule has 0 bridgehead atoms. The van der Waals surface area contributed by atoms with Crippen LogP contribution in [0.2, 0.25) is 0 Å². The van der Waals surface area contributed by atoms with Gasteiger partial charge in [0.05, 0.1) is 12.8 Å². The summed E-state index contributed by atoms with van der Waals surface area (Å²) in [5.74, 6) is 0.416. The van der Waals surface area contributed by atoms with Crippen molar-refractivity contribution >= 4 is 17.9 Å². The van der Waals surface area contributed by atoms with Crippen molar-refractivity contribution in [2.45, 2.75) is 6.92 Å². The molecule has 1 aromatic heterocycles. The zero-order valence-electron chi connectivity index (χ0n) is 16.1. The molecule has 0 atom stereocenters. The summed E-state index contributed by atoms with van der Waals surface area (Å²) in [5.41, 5.74) is 1.56. The van der Waals surface area contributed by atoms with Crippen LogP contribution in [0.1, 0.15) is 21.7 Å². The summed E-state index contributed by atoms with van der Waals surface area (Å²) < 4.78 is 10.9. The van der Waals surface area contributed by atoms with Gasteiger partial charge in [0.15, 0.2) is 0 Å². The number of ether oxygens (including phenoxy) is 1. The highest BCUT2D eigenvalue weighted by Gasteiger charge is 2.15. The van der Waals surface area contributed by atoms with Crippen LogP contribution in [0.25, 0.3) is 6.08 Å². The largest absolute Gasteiger partial charge is 0.491 e. The van der Waals surface area contributed by atoms with E-state index in [0.29, 0.717) is 17.9 Å². The van der Waals surface area contributed by atoms with E-state index in [1.54, 1.807) is 36.4 Å². The molecule has 0 spiro atoms. The molecule has 29 heavy (non-hydrogen) atoms. The number of benzene rings is 2. The first-order chi connectivity index (χ1) is 14.1. The number of rotatable bonds is 8. The van der Waals surface area contributed by atoms with E-state index < -0.39 is 5.91 Å². The van der Waals surface area contributed by atoms with Gasteiger partial charge in [0.2, 0.25) is 0 Å². The van der Waals surface area contributed by atoms with E-state index in [1.165, 1.54) is 12.3 Å². The standard InChI is InChI=1S/C23H22N2O4/c1-17-8-5-6-12-21(17)29-15-13-24-23(27)20(16-19-11-7-14-28-19)25-22(26)18-9-3-2-4-10-18/h2-12,14,16H,13,15H2,1H3,(H,24,27)(H,25,26)/b20-16-. The molecule has 6 nitrogen and oxygen atoms in total. The maximum atomic E-state index is 12.6. The van der Waals surface area contributed by atoms with Crippen molar-refractivity contribution in [2.75, 3.05) is 13.2 Å². The van der Waals surface area contributed by atoms with Gasteiger partial charge in [-0.05, 0) is 42.8 Å². The number of carbonyl (C=O) groups excluding carboxylic acids is 2. The van der Waals surface area contributed by atoms with Crippen LogP contribution in [0.15, 0.2) is 83.1 Å². The van der Waals surface area contributed by atoms with Gasteiger partial charge in [0.25, 0.3) is 11.8 Å². The zero-order valence-corrected chi connectivity index (χ0v) is 16.1. The number of carbonyl (C=O) groups is 2. The number of hydrogen-bond donors (Lipinski definition) is 2. The smallest absolute Gasteiger partial charge is 0.268 e. The van der Waals surface area contributed by atoms with Crippen molar-refractivity contribution in [2.24, 2.45) is 0 Å². The minimum Gasteiger partial charge on any atom is -0.491 e. The van der Waals surface area contributed by atoms with Gasteiger partial charge in [-0.1, -0.05) is 36.4 Å². The quantitative estimate of drug-likeness (QED) is 0.455. The molecule has 3 rings (SSSR count). The van der Waals surface area contributed by atoms with Crippen molar-refractivity contribution in [3.8, 4) is 5.75 Å². The Hall–Kier alpha value is -3.80. The first kappa shape index (κ1) is 19.9. The minimum absolute atomic E-state index is 0.0877. The highest BCUT2D eigenvalue weighted by Crippen LogP contribution is 2.15. The Morgan fingerprint density at radius 3 is 2.48 bits per heavy atom. The fourth-order valence-corrected chi connectivity index (χ4v) is 2.60. The molecule has 148 valence electrons. The van der Waals surface area contributed by atoms with E-state index in [-0.39, 0.29) is 18.1 Å². The maximum Gasteiger partial charge on any atom is 0.268 e. The SMILES string of the molecule is Cc1ccccc1OCCNC(=O)/C(=C/c1ccco1)NC(=O)c1ccccc1. The van der Waals surface area contributed by atoms with E-state index in [1.807, 2.05) is 37.3 Å². The number of hydrogen-bond acceptors (Lipinski definition) is 4. The van der Waals surface area contributed by atoms with Gasteiger partial charge in [0.1, 0.15) is 23.8 Å². The van der Waals surface area contributed by atoms with Crippen molar-refractivity contribution < 1.29 is 18.7 Å². The van der Waals surface area contributed by atoms with Gasteiger partial charge in [-0.25, -0.2) is 0 Å². The number of furan rings is 1. The second-order valence-corrected chi connectivity index (χ2v) is 6.26. The fourth-order valence-electron chi connectivity index (χ4n) is 2.60. The molecular formula is C23H22N2O4. The van der Waals surface area contributed by atoms with Crippen LogP contribution < -0.4 is 15.4 Å². The second-order valence-electron chi connectivity index (χ2n) is 6.26. The predicted octanol–water partition coefficient (Wildman–Crippen LogP) is 3.55. The number of nitrogens with one attached hydrogen (secondary N) is 2. The summed E-state index contributed by atoms with van der Waals surface area (Å²) in [5, 5.41) is 5.40.